The molecule has 9 nitrogen and oxygen atoms in total. The number of nitrogens with one attached hydrogen (secondary N) is 2. The quantitative estimate of drug-likeness (QED) is 0.448. The molecule has 9 heteroatoms. The lowest BCUT2D eigenvalue weighted by Gasteiger charge is -2.11. The maximum absolute atomic E-state index is 12.3. The molecule has 2 rings (SSSR count). The number of carbonyl (C=O) groups excluding carboxylic acids is 5. The van der Waals surface area contributed by atoms with Gasteiger partial charge in [-0.1, -0.05) is 12.1 Å². The zero-order valence-electron chi connectivity index (χ0n) is 15.9. The van der Waals surface area contributed by atoms with Crippen LogP contribution in [0.25, 0.3) is 0 Å². The average Bonchev–Trinajstić information content (AvgIpc) is 2.72. The summed E-state index contributed by atoms with van der Waals surface area (Å²) in [7, 11) is 2.33. The second kappa shape index (κ2) is 9.27. The third-order valence-electron chi connectivity index (χ3n) is 3.83. The summed E-state index contributed by atoms with van der Waals surface area (Å²) in [5.74, 6) is -3.79. The molecule has 0 unspecified atom stereocenters. The van der Waals surface area contributed by atoms with Crippen molar-refractivity contribution in [2.45, 2.75) is 6.92 Å². The molecular formula is C20H18N2O7. The number of carbonyl (C=O) groups is 5. The minimum atomic E-state index is -1.09. The first-order valence-electron chi connectivity index (χ1n) is 8.30. The van der Waals surface area contributed by atoms with Crippen LogP contribution in [0.15, 0.2) is 42.5 Å². The van der Waals surface area contributed by atoms with E-state index in [1.165, 1.54) is 44.4 Å². The van der Waals surface area contributed by atoms with Crippen molar-refractivity contribution >= 4 is 40.9 Å². The van der Waals surface area contributed by atoms with Gasteiger partial charge < -0.3 is 20.1 Å². The van der Waals surface area contributed by atoms with E-state index in [0.29, 0.717) is 5.56 Å². The number of rotatable bonds is 5. The fourth-order valence-corrected chi connectivity index (χ4v) is 2.36. The molecular weight excluding hydrogens is 380 g/mol. The van der Waals surface area contributed by atoms with Gasteiger partial charge in [0.2, 0.25) is 0 Å². The largest absolute Gasteiger partial charge is 0.465 e. The summed E-state index contributed by atoms with van der Waals surface area (Å²) in [6.45, 7) is 1.37. The van der Waals surface area contributed by atoms with E-state index in [1.54, 1.807) is 12.1 Å². The summed E-state index contributed by atoms with van der Waals surface area (Å²) >= 11 is 0. The molecule has 0 spiro atoms. The van der Waals surface area contributed by atoms with Crippen LogP contribution in [0.2, 0.25) is 0 Å². The molecule has 2 aromatic carbocycles. The molecule has 150 valence electrons. The van der Waals surface area contributed by atoms with Crippen LogP contribution < -0.4 is 10.6 Å². The Bertz CT molecular complexity index is 998. The lowest BCUT2D eigenvalue weighted by molar-refractivity contribution is -0.133. The van der Waals surface area contributed by atoms with E-state index in [1.807, 2.05) is 0 Å². The molecule has 0 aliphatic carbocycles. The van der Waals surface area contributed by atoms with Gasteiger partial charge in [0.15, 0.2) is 5.78 Å². The number of Topliss-reactive ketones (excluding diaryl/α,β-unsaturated/α-hetero) is 1. The minimum Gasteiger partial charge on any atom is -0.465 e. The molecule has 2 N–H and O–H groups in total. The van der Waals surface area contributed by atoms with Crippen LogP contribution in [0, 0.1) is 0 Å². The van der Waals surface area contributed by atoms with Crippen molar-refractivity contribution in [2.75, 3.05) is 24.9 Å². The average molecular weight is 398 g/mol. The Labute approximate surface area is 166 Å². The Balaban J connectivity index is 2.25. The van der Waals surface area contributed by atoms with Gasteiger partial charge in [-0.15, -0.1) is 0 Å². The van der Waals surface area contributed by atoms with Gasteiger partial charge in [0.05, 0.1) is 31.0 Å². The van der Waals surface area contributed by atoms with Crippen LogP contribution >= 0.6 is 0 Å². The number of amides is 2. The van der Waals surface area contributed by atoms with Crippen molar-refractivity contribution < 1.29 is 33.4 Å². The van der Waals surface area contributed by atoms with Crippen molar-refractivity contribution in [1.29, 1.82) is 0 Å². The van der Waals surface area contributed by atoms with E-state index in [9.17, 15) is 24.0 Å². The Morgan fingerprint density at radius 3 is 2.03 bits per heavy atom. The summed E-state index contributed by atoms with van der Waals surface area (Å²) in [5.41, 5.74) is 0.513. The highest BCUT2D eigenvalue weighted by molar-refractivity contribution is 6.44. The highest BCUT2D eigenvalue weighted by Crippen LogP contribution is 2.20. The molecule has 0 saturated heterocycles. The fraction of sp³-hybridized carbons (Fsp3) is 0.150. The fourth-order valence-electron chi connectivity index (χ4n) is 2.36. The van der Waals surface area contributed by atoms with Crippen molar-refractivity contribution in [3.63, 3.8) is 0 Å². The zero-order valence-corrected chi connectivity index (χ0v) is 15.9. The van der Waals surface area contributed by atoms with Gasteiger partial charge in [-0.3, -0.25) is 14.4 Å². The van der Waals surface area contributed by atoms with Gasteiger partial charge in [0, 0.05) is 11.3 Å². The maximum atomic E-state index is 12.3. The number of methoxy groups -OCH3 is 2. The summed E-state index contributed by atoms with van der Waals surface area (Å²) in [4.78, 5) is 59.5. The molecule has 2 aromatic rings. The number of hydrogen-bond acceptors (Lipinski definition) is 7. The van der Waals surface area contributed by atoms with Gasteiger partial charge >= 0.3 is 23.8 Å². The van der Waals surface area contributed by atoms with Crippen LogP contribution in [-0.4, -0.2) is 43.8 Å². The van der Waals surface area contributed by atoms with Gasteiger partial charge in [-0.05, 0) is 37.3 Å². The van der Waals surface area contributed by atoms with Crippen molar-refractivity contribution in [3.8, 4) is 0 Å². The lowest BCUT2D eigenvalue weighted by atomic mass is 10.1. The number of ketones is 1. The van der Waals surface area contributed by atoms with Crippen molar-refractivity contribution in [3.05, 3.63) is 59.2 Å². The van der Waals surface area contributed by atoms with Crippen molar-refractivity contribution in [2.24, 2.45) is 0 Å². The molecule has 0 heterocycles. The van der Waals surface area contributed by atoms with E-state index in [4.69, 9.17) is 0 Å². The van der Waals surface area contributed by atoms with E-state index < -0.39 is 23.8 Å². The normalized spacial score (nSPS) is 9.90. The number of ether oxygens (including phenoxy) is 2. The first-order valence-corrected chi connectivity index (χ1v) is 8.30. The summed E-state index contributed by atoms with van der Waals surface area (Å²) in [6.07, 6.45) is 0. The molecule has 0 bridgehead atoms. The molecule has 0 aliphatic heterocycles. The SMILES string of the molecule is COC(=O)c1ccc(C(=O)OC)c(NC(=O)C(=O)Nc2cccc(C(C)=O)c2)c1. The first kappa shape index (κ1) is 21.3. The smallest absolute Gasteiger partial charge is 0.339 e. The topological polar surface area (TPSA) is 128 Å². The zero-order chi connectivity index (χ0) is 21.6. The highest BCUT2D eigenvalue weighted by atomic mass is 16.5. The maximum Gasteiger partial charge on any atom is 0.339 e. The van der Waals surface area contributed by atoms with E-state index in [2.05, 4.69) is 20.1 Å². The number of esters is 2. The van der Waals surface area contributed by atoms with E-state index in [-0.39, 0.29) is 28.3 Å². The summed E-state index contributed by atoms with van der Waals surface area (Å²) in [6, 6.07) is 9.84. The summed E-state index contributed by atoms with van der Waals surface area (Å²) in [5, 5.41) is 4.63. The molecule has 2 amide bonds. The van der Waals surface area contributed by atoms with Crippen LogP contribution in [0.5, 0.6) is 0 Å². The van der Waals surface area contributed by atoms with Gasteiger partial charge in [-0.25, -0.2) is 9.59 Å². The highest BCUT2D eigenvalue weighted by Gasteiger charge is 2.21. The second-order valence-corrected chi connectivity index (χ2v) is 5.79. The predicted octanol–water partition coefficient (Wildman–Crippen LogP) is 2.04. The third kappa shape index (κ3) is 5.25. The van der Waals surface area contributed by atoms with E-state index >= 15 is 0 Å². The minimum absolute atomic E-state index is 0.0557. The van der Waals surface area contributed by atoms with Crippen LogP contribution in [0.3, 0.4) is 0 Å². The molecule has 29 heavy (non-hydrogen) atoms. The Kier molecular flexibility index (Phi) is 6.80. The molecule has 0 atom stereocenters. The van der Waals surface area contributed by atoms with Gasteiger partial charge in [0.1, 0.15) is 0 Å². The van der Waals surface area contributed by atoms with Crippen LogP contribution in [-0.2, 0) is 19.1 Å². The van der Waals surface area contributed by atoms with Crippen LogP contribution in [0.4, 0.5) is 11.4 Å². The van der Waals surface area contributed by atoms with Gasteiger partial charge in [-0.2, -0.15) is 0 Å². The number of anilines is 2. The molecule has 0 fully saturated rings. The standard InChI is InChI=1S/C20H18N2O7/c1-11(23)12-5-4-6-14(9-12)21-17(24)18(25)22-16-10-13(19(26)28-2)7-8-15(16)20(27)29-3/h4-10H,1-3H3,(H,21,24)(H,22,25). The molecule has 0 aliphatic rings. The van der Waals surface area contributed by atoms with Crippen molar-refractivity contribution in [1.82, 2.24) is 0 Å². The monoisotopic (exact) mass is 398 g/mol. The Morgan fingerprint density at radius 2 is 1.41 bits per heavy atom. The predicted molar refractivity (Wildman–Crippen MR) is 103 cm³/mol. The Morgan fingerprint density at radius 1 is 0.759 bits per heavy atom. The van der Waals surface area contributed by atoms with Crippen LogP contribution in [0.1, 0.15) is 38.0 Å². The number of benzene rings is 2. The summed E-state index contributed by atoms with van der Waals surface area (Å²) < 4.78 is 9.24. The Hall–Kier alpha value is -4.01. The van der Waals surface area contributed by atoms with E-state index in [0.717, 1.165) is 7.11 Å². The lowest BCUT2D eigenvalue weighted by Crippen LogP contribution is -2.30. The molecule has 0 saturated carbocycles. The molecule has 0 radical (unpaired) electrons. The molecule has 0 aromatic heterocycles. The number of hydrogen-bond donors (Lipinski definition) is 2. The first-order chi connectivity index (χ1) is 13.8. The third-order valence-corrected chi connectivity index (χ3v) is 3.83. The van der Waals surface area contributed by atoms with Gasteiger partial charge in [0.25, 0.3) is 0 Å². The second-order valence-electron chi connectivity index (χ2n) is 5.79.